The third-order valence-electron chi connectivity index (χ3n) is 6.66. The van der Waals surface area contributed by atoms with Gasteiger partial charge in [0.2, 0.25) is 0 Å². The Labute approximate surface area is 222 Å². The Morgan fingerprint density at radius 3 is 1.14 bits per heavy atom. The molecule has 0 fully saturated rings. The van der Waals surface area contributed by atoms with Crippen molar-refractivity contribution in [2.24, 2.45) is 9.98 Å². The molecule has 184 valence electrons. The third kappa shape index (κ3) is 5.32. The fourth-order valence-electron chi connectivity index (χ4n) is 4.88. The minimum absolute atomic E-state index is 0.0517. The number of aliphatic imine (C=N–C) groups is 2. The molecular formula is C32H28N2O2S. The molecule has 4 aromatic rings. The van der Waals surface area contributed by atoms with Crippen LogP contribution < -0.4 is 0 Å². The molecule has 0 aliphatic carbocycles. The summed E-state index contributed by atoms with van der Waals surface area (Å²) in [5.41, 5.74) is 4.60. The van der Waals surface area contributed by atoms with Crippen LogP contribution >= 0.6 is 11.8 Å². The lowest BCUT2D eigenvalue weighted by atomic mass is 9.97. The summed E-state index contributed by atoms with van der Waals surface area (Å²) in [5.74, 6) is 2.87. The zero-order chi connectivity index (χ0) is 24.9. The summed E-state index contributed by atoms with van der Waals surface area (Å²) in [6.45, 7) is 0. The summed E-state index contributed by atoms with van der Waals surface area (Å²) >= 11 is 1.73. The van der Waals surface area contributed by atoms with Crippen LogP contribution in [0.1, 0.15) is 46.5 Å². The lowest BCUT2D eigenvalue weighted by molar-refractivity contribution is 0.195. The molecule has 2 heterocycles. The lowest BCUT2D eigenvalue weighted by Crippen LogP contribution is -2.12. The molecule has 0 aromatic heterocycles. The van der Waals surface area contributed by atoms with E-state index in [1.165, 1.54) is 0 Å². The lowest BCUT2D eigenvalue weighted by Gasteiger charge is -2.18. The van der Waals surface area contributed by atoms with Gasteiger partial charge in [0, 0.05) is 0 Å². The maximum atomic E-state index is 6.41. The van der Waals surface area contributed by atoms with E-state index in [1.807, 2.05) is 24.3 Å². The molecule has 2 aliphatic rings. The molecular weight excluding hydrogens is 476 g/mol. The van der Waals surface area contributed by atoms with Gasteiger partial charge in [-0.1, -0.05) is 121 Å². The van der Waals surface area contributed by atoms with E-state index < -0.39 is 0 Å². The highest BCUT2D eigenvalue weighted by Gasteiger charge is 2.35. The Kier molecular flexibility index (Phi) is 7.04. The molecule has 0 saturated carbocycles. The second-order valence-corrected chi connectivity index (χ2v) is 10.1. The second kappa shape index (κ2) is 11.1. The number of ether oxygens (including phenoxy) is 2. The largest absolute Gasteiger partial charge is 0.470 e. The summed E-state index contributed by atoms with van der Waals surface area (Å²) in [6.07, 6.45) is -0.242. The first-order valence-electron chi connectivity index (χ1n) is 12.6. The van der Waals surface area contributed by atoms with E-state index in [2.05, 4.69) is 97.1 Å². The Morgan fingerprint density at radius 1 is 0.459 bits per heavy atom. The standard InChI is InChI=1S/C32H28N2O2S/c1-5-13-23(14-6-1)29-31(25-17-9-3-10-18-25)35-27(33-29)21-37-22-28-34-30(24-15-7-2-8-16-24)32(36-28)26-19-11-4-12-20-26/h1-20,29-32H,21-22H2/t29-,30+,31+,32-. The van der Waals surface area contributed by atoms with Gasteiger partial charge in [-0.25, -0.2) is 9.98 Å². The molecule has 0 N–H and O–H groups in total. The second-order valence-electron chi connectivity index (χ2n) is 9.15. The molecule has 0 radical (unpaired) electrons. The highest BCUT2D eigenvalue weighted by atomic mass is 32.2. The van der Waals surface area contributed by atoms with Crippen molar-refractivity contribution in [3.05, 3.63) is 144 Å². The molecule has 0 amide bonds. The first-order valence-corrected chi connectivity index (χ1v) is 13.7. The van der Waals surface area contributed by atoms with E-state index in [-0.39, 0.29) is 24.3 Å². The SMILES string of the molecule is c1ccc([C@H]2N=C(CSCC3=N[C@@H](c4ccccc4)[C@@H](c4ccccc4)O3)O[C@H]2c2ccccc2)cc1. The first kappa shape index (κ1) is 23.6. The van der Waals surface area contributed by atoms with Gasteiger partial charge in [0.15, 0.2) is 24.0 Å². The fraction of sp³-hybridized carbons (Fsp3) is 0.188. The molecule has 0 spiro atoms. The zero-order valence-corrected chi connectivity index (χ0v) is 21.2. The molecule has 4 aromatic carbocycles. The Morgan fingerprint density at radius 2 is 0.784 bits per heavy atom. The molecule has 4 atom stereocenters. The van der Waals surface area contributed by atoms with Crippen LogP contribution in [0.2, 0.25) is 0 Å². The van der Waals surface area contributed by atoms with Crippen LogP contribution in [0.5, 0.6) is 0 Å². The molecule has 0 bridgehead atoms. The number of benzene rings is 4. The summed E-state index contributed by atoms with van der Waals surface area (Å²) in [6, 6.07) is 41.4. The van der Waals surface area contributed by atoms with Gasteiger partial charge < -0.3 is 9.47 Å². The predicted molar refractivity (Wildman–Crippen MR) is 151 cm³/mol. The van der Waals surface area contributed by atoms with E-state index in [1.54, 1.807) is 11.8 Å². The Hall–Kier alpha value is -3.83. The predicted octanol–water partition coefficient (Wildman–Crippen LogP) is 7.54. The van der Waals surface area contributed by atoms with Gasteiger partial charge in [0.25, 0.3) is 0 Å². The van der Waals surface area contributed by atoms with Crippen LogP contribution in [0.25, 0.3) is 0 Å². The Bertz CT molecular complexity index is 1250. The highest BCUT2D eigenvalue weighted by Crippen LogP contribution is 2.42. The molecule has 6 rings (SSSR count). The van der Waals surface area contributed by atoms with Gasteiger partial charge in [-0.15, -0.1) is 11.8 Å². The molecule has 4 nitrogen and oxygen atoms in total. The van der Waals surface area contributed by atoms with Crippen molar-refractivity contribution < 1.29 is 9.47 Å². The number of thioether (sulfide) groups is 1. The van der Waals surface area contributed by atoms with Crippen molar-refractivity contribution in [2.45, 2.75) is 24.3 Å². The van der Waals surface area contributed by atoms with Gasteiger partial charge in [-0.05, 0) is 22.3 Å². The van der Waals surface area contributed by atoms with Crippen LogP contribution in [0.15, 0.2) is 131 Å². The topological polar surface area (TPSA) is 43.2 Å². The van der Waals surface area contributed by atoms with Crippen molar-refractivity contribution in [2.75, 3.05) is 11.5 Å². The average molecular weight is 505 g/mol. The molecule has 5 heteroatoms. The molecule has 37 heavy (non-hydrogen) atoms. The van der Waals surface area contributed by atoms with Gasteiger partial charge in [-0.3, -0.25) is 0 Å². The third-order valence-corrected chi connectivity index (χ3v) is 7.56. The summed E-state index contributed by atoms with van der Waals surface area (Å²) in [7, 11) is 0. The summed E-state index contributed by atoms with van der Waals surface area (Å²) < 4.78 is 12.8. The van der Waals surface area contributed by atoms with E-state index in [9.17, 15) is 0 Å². The van der Waals surface area contributed by atoms with Gasteiger partial charge in [-0.2, -0.15) is 0 Å². The van der Waals surface area contributed by atoms with Gasteiger partial charge in [0.05, 0.1) is 11.5 Å². The maximum Gasteiger partial charge on any atom is 0.195 e. The monoisotopic (exact) mass is 504 g/mol. The van der Waals surface area contributed by atoms with Crippen LogP contribution in [-0.2, 0) is 9.47 Å². The minimum Gasteiger partial charge on any atom is -0.470 e. The highest BCUT2D eigenvalue weighted by molar-refractivity contribution is 8.00. The molecule has 0 saturated heterocycles. The van der Waals surface area contributed by atoms with Crippen LogP contribution in [-0.4, -0.2) is 23.3 Å². The number of rotatable bonds is 8. The van der Waals surface area contributed by atoms with Crippen LogP contribution in [0.3, 0.4) is 0 Å². The van der Waals surface area contributed by atoms with E-state index >= 15 is 0 Å². The van der Waals surface area contributed by atoms with Crippen molar-refractivity contribution in [1.29, 1.82) is 0 Å². The Balaban J connectivity index is 1.15. The van der Waals surface area contributed by atoms with Crippen molar-refractivity contribution >= 4 is 23.6 Å². The van der Waals surface area contributed by atoms with E-state index in [0.29, 0.717) is 11.5 Å². The number of nitrogens with zero attached hydrogens (tertiary/aromatic N) is 2. The normalized spacial score (nSPS) is 22.6. The quantitative estimate of drug-likeness (QED) is 0.249. The smallest absolute Gasteiger partial charge is 0.195 e. The van der Waals surface area contributed by atoms with E-state index in [0.717, 1.165) is 34.0 Å². The first-order chi connectivity index (χ1) is 18.3. The molecule has 0 unspecified atom stereocenters. The maximum absolute atomic E-state index is 6.41. The fourth-order valence-corrected chi connectivity index (χ4v) is 5.62. The van der Waals surface area contributed by atoms with Gasteiger partial charge >= 0.3 is 0 Å². The van der Waals surface area contributed by atoms with Crippen molar-refractivity contribution in [3.63, 3.8) is 0 Å². The average Bonchev–Trinajstić information content (AvgIpc) is 3.60. The van der Waals surface area contributed by atoms with Crippen LogP contribution in [0, 0.1) is 0 Å². The van der Waals surface area contributed by atoms with Crippen LogP contribution in [0.4, 0.5) is 0 Å². The number of hydrogen-bond acceptors (Lipinski definition) is 5. The van der Waals surface area contributed by atoms with Gasteiger partial charge in [0.1, 0.15) is 12.1 Å². The van der Waals surface area contributed by atoms with Crippen molar-refractivity contribution in [1.82, 2.24) is 0 Å². The summed E-state index contributed by atoms with van der Waals surface area (Å²) in [5, 5.41) is 0. The summed E-state index contributed by atoms with van der Waals surface area (Å²) in [4.78, 5) is 10.00. The molecule has 2 aliphatic heterocycles. The zero-order valence-electron chi connectivity index (χ0n) is 20.4. The van der Waals surface area contributed by atoms with E-state index in [4.69, 9.17) is 19.5 Å². The minimum atomic E-state index is -0.121. The van der Waals surface area contributed by atoms with Crippen molar-refractivity contribution in [3.8, 4) is 0 Å². The number of hydrogen-bond donors (Lipinski definition) is 0.